The highest BCUT2D eigenvalue weighted by Gasteiger charge is 2.18. The quantitative estimate of drug-likeness (QED) is 0.684. The summed E-state index contributed by atoms with van der Waals surface area (Å²) in [5.74, 6) is -0.0875. The summed E-state index contributed by atoms with van der Waals surface area (Å²) >= 11 is 8.50. The summed E-state index contributed by atoms with van der Waals surface area (Å²) in [4.78, 5) is 3.62. The van der Waals surface area contributed by atoms with Crippen LogP contribution in [0.4, 0.5) is 8.78 Å². The Morgan fingerprint density at radius 2 is 2.21 bits per heavy atom. The fourth-order valence-corrected chi connectivity index (χ4v) is 1.86. The van der Waals surface area contributed by atoms with E-state index in [2.05, 4.69) is 20.9 Å². The lowest BCUT2D eigenvalue weighted by atomic mass is 10.1. The summed E-state index contributed by atoms with van der Waals surface area (Å²) in [5.41, 5.74) is 0.197. The van der Waals surface area contributed by atoms with E-state index in [0.29, 0.717) is 5.56 Å². The SMILES string of the molecule is OCc1cc(Br)nc(C(F)F)c1CCl. The molecule has 0 aliphatic heterocycles. The predicted molar refractivity (Wildman–Crippen MR) is 52.4 cm³/mol. The molecule has 0 radical (unpaired) electrons. The van der Waals surface area contributed by atoms with Crippen molar-refractivity contribution in [3.8, 4) is 0 Å². The molecule has 0 aromatic carbocycles. The molecule has 0 unspecified atom stereocenters. The van der Waals surface area contributed by atoms with E-state index in [1.165, 1.54) is 6.07 Å². The second kappa shape index (κ2) is 5.00. The number of halogens is 4. The molecule has 78 valence electrons. The van der Waals surface area contributed by atoms with Crippen LogP contribution >= 0.6 is 27.5 Å². The zero-order chi connectivity index (χ0) is 10.7. The van der Waals surface area contributed by atoms with Crippen LogP contribution in [0.15, 0.2) is 10.7 Å². The Bertz CT molecular complexity index is 335. The van der Waals surface area contributed by atoms with Gasteiger partial charge in [-0.25, -0.2) is 13.8 Å². The van der Waals surface area contributed by atoms with Gasteiger partial charge < -0.3 is 5.11 Å². The predicted octanol–water partition coefficient (Wildman–Crippen LogP) is 3.01. The van der Waals surface area contributed by atoms with E-state index in [9.17, 15) is 8.78 Å². The maximum atomic E-state index is 12.5. The number of alkyl halides is 3. The molecule has 0 aliphatic rings. The van der Waals surface area contributed by atoms with Crippen molar-refractivity contribution in [1.29, 1.82) is 0 Å². The molecular weight excluding hydrogens is 279 g/mol. The summed E-state index contributed by atoms with van der Waals surface area (Å²) in [6.45, 7) is -0.330. The molecule has 1 aromatic rings. The third kappa shape index (κ3) is 2.40. The summed E-state index contributed by atoms with van der Waals surface area (Å²) in [6, 6.07) is 1.48. The van der Waals surface area contributed by atoms with Gasteiger partial charge in [0.15, 0.2) is 0 Å². The second-order valence-corrected chi connectivity index (χ2v) is 3.64. The molecule has 2 nitrogen and oxygen atoms in total. The van der Waals surface area contributed by atoms with Gasteiger partial charge in [-0.1, -0.05) is 0 Å². The first-order valence-electron chi connectivity index (χ1n) is 3.73. The Labute approximate surface area is 93.0 Å². The molecule has 1 N–H and O–H groups in total. The van der Waals surface area contributed by atoms with Gasteiger partial charge in [0.2, 0.25) is 0 Å². The number of hydrogen-bond donors (Lipinski definition) is 1. The highest BCUT2D eigenvalue weighted by molar-refractivity contribution is 9.10. The molecule has 0 bridgehead atoms. The molecule has 0 atom stereocenters. The molecular formula is C8H7BrClF2NO. The lowest BCUT2D eigenvalue weighted by molar-refractivity contribution is 0.144. The van der Waals surface area contributed by atoms with Crippen molar-refractivity contribution in [2.75, 3.05) is 0 Å². The minimum Gasteiger partial charge on any atom is -0.392 e. The summed E-state index contributed by atoms with van der Waals surface area (Å²) in [6.07, 6.45) is -2.69. The number of nitrogens with zero attached hydrogens (tertiary/aromatic N) is 1. The van der Waals surface area contributed by atoms with Crippen LogP contribution < -0.4 is 0 Å². The van der Waals surface area contributed by atoms with Gasteiger partial charge in [0, 0.05) is 5.88 Å². The standard InChI is InChI=1S/C8H7BrClF2NO/c9-6-1-4(3-14)5(2-10)7(13-6)8(11)12/h1,8,14H,2-3H2. The summed E-state index contributed by atoms with van der Waals surface area (Å²) < 4.78 is 25.2. The van der Waals surface area contributed by atoms with Crippen LogP contribution in [-0.4, -0.2) is 10.1 Å². The fraction of sp³-hybridized carbons (Fsp3) is 0.375. The van der Waals surface area contributed by atoms with Crippen LogP contribution in [0, 0.1) is 0 Å². The Morgan fingerprint density at radius 3 is 2.64 bits per heavy atom. The van der Waals surface area contributed by atoms with E-state index < -0.39 is 6.43 Å². The second-order valence-electron chi connectivity index (χ2n) is 2.56. The van der Waals surface area contributed by atoms with Gasteiger partial charge >= 0.3 is 0 Å². The molecule has 0 saturated carbocycles. The van der Waals surface area contributed by atoms with E-state index in [1.54, 1.807) is 0 Å². The monoisotopic (exact) mass is 285 g/mol. The average molecular weight is 287 g/mol. The topological polar surface area (TPSA) is 33.1 Å². The largest absolute Gasteiger partial charge is 0.392 e. The first-order chi connectivity index (χ1) is 6.60. The smallest absolute Gasteiger partial charge is 0.280 e. The molecule has 0 fully saturated rings. The fourth-order valence-electron chi connectivity index (χ4n) is 1.09. The Balaban J connectivity index is 3.31. The minimum atomic E-state index is -2.69. The van der Waals surface area contributed by atoms with Crippen LogP contribution in [0.2, 0.25) is 0 Å². The summed E-state index contributed by atoms with van der Waals surface area (Å²) in [7, 11) is 0. The van der Waals surface area contributed by atoms with E-state index in [1.807, 2.05) is 0 Å². The third-order valence-electron chi connectivity index (χ3n) is 1.73. The number of pyridine rings is 1. The normalized spacial score (nSPS) is 11.0. The van der Waals surface area contributed by atoms with Gasteiger partial charge in [0.05, 0.1) is 6.61 Å². The first-order valence-corrected chi connectivity index (χ1v) is 5.06. The van der Waals surface area contributed by atoms with E-state index >= 15 is 0 Å². The third-order valence-corrected chi connectivity index (χ3v) is 2.40. The van der Waals surface area contributed by atoms with Crippen molar-refractivity contribution in [2.45, 2.75) is 18.9 Å². The average Bonchev–Trinajstić information content (AvgIpc) is 2.16. The number of aromatic nitrogens is 1. The van der Waals surface area contributed by atoms with Crippen molar-refractivity contribution >= 4 is 27.5 Å². The van der Waals surface area contributed by atoms with Gasteiger partial charge in [-0.3, -0.25) is 0 Å². The minimum absolute atomic E-state index is 0.0875. The van der Waals surface area contributed by atoms with Crippen molar-refractivity contribution in [3.05, 3.63) is 27.5 Å². The molecule has 1 rings (SSSR count). The zero-order valence-electron chi connectivity index (χ0n) is 6.98. The molecule has 0 saturated heterocycles. The molecule has 1 aromatic heterocycles. The Hall–Kier alpha value is -0.260. The lowest BCUT2D eigenvalue weighted by Crippen LogP contribution is -2.02. The van der Waals surface area contributed by atoms with Crippen LogP contribution in [0.3, 0.4) is 0 Å². The van der Waals surface area contributed by atoms with Gasteiger partial charge in [-0.2, -0.15) is 0 Å². The Morgan fingerprint density at radius 1 is 1.57 bits per heavy atom. The lowest BCUT2D eigenvalue weighted by Gasteiger charge is -2.10. The summed E-state index contributed by atoms with van der Waals surface area (Å²) in [5, 5.41) is 8.93. The van der Waals surface area contributed by atoms with Crippen molar-refractivity contribution in [3.63, 3.8) is 0 Å². The van der Waals surface area contributed by atoms with Gasteiger partial charge in [0.25, 0.3) is 6.43 Å². The van der Waals surface area contributed by atoms with Gasteiger partial charge in [-0.05, 0) is 33.1 Å². The molecule has 0 amide bonds. The highest BCUT2D eigenvalue weighted by atomic mass is 79.9. The molecule has 6 heteroatoms. The van der Waals surface area contributed by atoms with Crippen molar-refractivity contribution < 1.29 is 13.9 Å². The maximum absolute atomic E-state index is 12.5. The number of hydrogen-bond acceptors (Lipinski definition) is 2. The van der Waals surface area contributed by atoms with E-state index in [4.69, 9.17) is 16.7 Å². The number of aliphatic hydroxyl groups excluding tert-OH is 1. The number of rotatable bonds is 3. The maximum Gasteiger partial charge on any atom is 0.280 e. The highest BCUT2D eigenvalue weighted by Crippen LogP contribution is 2.27. The van der Waals surface area contributed by atoms with E-state index in [0.717, 1.165) is 0 Å². The van der Waals surface area contributed by atoms with Crippen LogP contribution in [0.25, 0.3) is 0 Å². The van der Waals surface area contributed by atoms with Gasteiger partial charge in [0.1, 0.15) is 10.3 Å². The zero-order valence-corrected chi connectivity index (χ0v) is 9.32. The molecule has 0 spiro atoms. The van der Waals surface area contributed by atoms with Crippen LogP contribution in [-0.2, 0) is 12.5 Å². The molecule has 14 heavy (non-hydrogen) atoms. The van der Waals surface area contributed by atoms with Crippen molar-refractivity contribution in [2.24, 2.45) is 0 Å². The first kappa shape index (κ1) is 11.8. The van der Waals surface area contributed by atoms with E-state index in [-0.39, 0.29) is 28.3 Å². The van der Waals surface area contributed by atoms with Gasteiger partial charge in [-0.15, -0.1) is 11.6 Å². The Kier molecular flexibility index (Phi) is 4.22. The van der Waals surface area contributed by atoms with Crippen LogP contribution in [0.1, 0.15) is 23.2 Å². The molecule has 1 heterocycles. The van der Waals surface area contributed by atoms with Crippen LogP contribution in [0.5, 0.6) is 0 Å². The van der Waals surface area contributed by atoms with Crippen molar-refractivity contribution in [1.82, 2.24) is 4.98 Å². The molecule has 0 aliphatic carbocycles. The number of aliphatic hydroxyl groups is 1.